The van der Waals surface area contributed by atoms with E-state index in [4.69, 9.17) is 16.1 Å². The Bertz CT molecular complexity index is 1580. The summed E-state index contributed by atoms with van der Waals surface area (Å²) in [5.74, 6) is -1.17. The summed E-state index contributed by atoms with van der Waals surface area (Å²) in [6.45, 7) is 6.92. The molecule has 4 aromatic rings. The van der Waals surface area contributed by atoms with Gasteiger partial charge in [0.1, 0.15) is 28.7 Å². The topological polar surface area (TPSA) is 81.9 Å². The zero-order valence-electron chi connectivity index (χ0n) is 23.9. The zero-order valence-corrected chi connectivity index (χ0v) is 24.7. The summed E-state index contributed by atoms with van der Waals surface area (Å²) in [6, 6.07) is 17.7. The summed E-state index contributed by atoms with van der Waals surface area (Å²) < 4.78 is 33.8. The van der Waals surface area contributed by atoms with Crippen LogP contribution in [0.5, 0.6) is 0 Å². The van der Waals surface area contributed by atoms with Crippen molar-refractivity contribution in [2.75, 3.05) is 44.6 Å². The van der Waals surface area contributed by atoms with Crippen molar-refractivity contribution in [1.82, 2.24) is 19.9 Å². The van der Waals surface area contributed by atoms with Crippen LogP contribution >= 0.6 is 11.6 Å². The Morgan fingerprint density at radius 1 is 1.00 bits per heavy atom. The lowest BCUT2D eigenvalue weighted by Gasteiger charge is -2.36. The molecular weight excluding hydrogens is 576 g/mol. The highest BCUT2D eigenvalue weighted by Gasteiger charge is 2.30. The predicted octanol–water partition coefficient (Wildman–Crippen LogP) is 6.38. The second kappa shape index (κ2) is 13.4. The lowest BCUT2D eigenvalue weighted by molar-refractivity contribution is 0.0703. The van der Waals surface area contributed by atoms with E-state index in [9.17, 15) is 18.4 Å². The van der Waals surface area contributed by atoms with Crippen LogP contribution in [0, 0.1) is 25.5 Å². The first kappa shape index (κ1) is 30.2. The van der Waals surface area contributed by atoms with Crippen molar-refractivity contribution in [2.45, 2.75) is 20.4 Å². The Balaban J connectivity index is 1.29. The quantitative estimate of drug-likeness (QED) is 0.251. The fourth-order valence-electron chi connectivity index (χ4n) is 5.10. The van der Waals surface area contributed by atoms with Gasteiger partial charge in [-0.05, 0) is 61.4 Å². The molecule has 2 heterocycles. The second-order valence-electron chi connectivity index (χ2n) is 10.5. The number of urea groups is 1. The summed E-state index contributed by atoms with van der Waals surface area (Å²) >= 11 is 6.30. The fourth-order valence-corrected chi connectivity index (χ4v) is 5.35. The molecule has 1 aromatic heterocycles. The van der Waals surface area contributed by atoms with E-state index in [0.717, 1.165) is 16.8 Å². The number of amides is 3. The Labute approximate surface area is 253 Å². The Kier molecular flexibility index (Phi) is 9.37. The van der Waals surface area contributed by atoms with E-state index < -0.39 is 11.7 Å². The standard InChI is InChI=1S/C32H32ClF2N5O3/c1-21-5-3-6-25(19-21)36-32(42)39-16-13-38(14-17-39)15-18-40(20-23-9-11-24(34)12-10-23)31(41)28-22(2)43-37-30(28)29-26(33)7-4-8-27(29)35/h3-12,19H,13-18,20H2,1-2H3,(H,36,42). The fraction of sp³-hybridized carbons (Fsp3) is 0.281. The molecule has 1 fully saturated rings. The first-order valence-electron chi connectivity index (χ1n) is 14.0. The average molecular weight is 608 g/mol. The number of aryl methyl sites for hydroxylation is 2. The molecule has 1 N–H and O–H groups in total. The number of benzene rings is 3. The number of carbonyl (C=O) groups is 2. The molecule has 3 amide bonds. The van der Waals surface area contributed by atoms with Gasteiger partial charge in [-0.2, -0.15) is 0 Å². The number of nitrogens with zero attached hydrogens (tertiary/aromatic N) is 4. The van der Waals surface area contributed by atoms with Gasteiger partial charge in [0.25, 0.3) is 5.91 Å². The van der Waals surface area contributed by atoms with Crippen LogP contribution in [-0.2, 0) is 6.54 Å². The van der Waals surface area contributed by atoms with Gasteiger partial charge in [0.05, 0.1) is 10.6 Å². The molecule has 0 aliphatic carbocycles. The number of piperazine rings is 1. The van der Waals surface area contributed by atoms with E-state index in [1.165, 1.54) is 30.3 Å². The van der Waals surface area contributed by atoms with Crippen molar-refractivity contribution in [1.29, 1.82) is 0 Å². The number of anilines is 1. The van der Waals surface area contributed by atoms with Gasteiger partial charge in [0, 0.05) is 51.5 Å². The summed E-state index contributed by atoms with van der Waals surface area (Å²) in [5.41, 5.74) is 2.68. The molecule has 224 valence electrons. The highest BCUT2D eigenvalue weighted by Crippen LogP contribution is 2.34. The van der Waals surface area contributed by atoms with Crippen LogP contribution in [0.4, 0.5) is 19.3 Å². The highest BCUT2D eigenvalue weighted by molar-refractivity contribution is 6.33. The largest absolute Gasteiger partial charge is 0.360 e. The Morgan fingerprint density at radius 2 is 1.72 bits per heavy atom. The maximum atomic E-state index is 14.8. The van der Waals surface area contributed by atoms with Crippen LogP contribution in [0.1, 0.15) is 27.2 Å². The van der Waals surface area contributed by atoms with Gasteiger partial charge in [0.15, 0.2) is 0 Å². The average Bonchev–Trinajstić information content (AvgIpc) is 3.36. The third kappa shape index (κ3) is 7.21. The SMILES string of the molecule is Cc1cccc(NC(=O)N2CCN(CCN(Cc3ccc(F)cc3)C(=O)c3c(-c4c(F)cccc4Cl)noc3C)CC2)c1. The number of carbonyl (C=O) groups excluding carboxylic acids is 2. The number of aromatic nitrogens is 1. The summed E-state index contributed by atoms with van der Waals surface area (Å²) in [4.78, 5) is 32.4. The number of rotatable bonds is 8. The zero-order chi connectivity index (χ0) is 30.5. The number of nitrogens with one attached hydrogen (secondary N) is 1. The molecule has 0 atom stereocenters. The molecule has 0 bridgehead atoms. The van der Waals surface area contributed by atoms with Gasteiger partial charge in [0.2, 0.25) is 0 Å². The van der Waals surface area contributed by atoms with E-state index in [2.05, 4.69) is 15.4 Å². The van der Waals surface area contributed by atoms with Crippen LogP contribution in [0.15, 0.2) is 71.3 Å². The van der Waals surface area contributed by atoms with Crippen LogP contribution < -0.4 is 5.32 Å². The normalized spacial score (nSPS) is 13.7. The number of halogens is 3. The van der Waals surface area contributed by atoms with Gasteiger partial charge in [-0.15, -0.1) is 0 Å². The first-order chi connectivity index (χ1) is 20.7. The highest BCUT2D eigenvalue weighted by atomic mass is 35.5. The van der Waals surface area contributed by atoms with Gasteiger partial charge < -0.3 is 19.6 Å². The molecule has 0 unspecified atom stereocenters. The maximum absolute atomic E-state index is 14.8. The van der Waals surface area contributed by atoms with Crippen molar-refractivity contribution in [3.63, 3.8) is 0 Å². The second-order valence-corrected chi connectivity index (χ2v) is 10.9. The molecule has 11 heteroatoms. The monoisotopic (exact) mass is 607 g/mol. The Hall–Kier alpha value is -4.28. The van der Waals surface area contributed by atoms with Crippen molar-refractivity contribution in [3.8, 4) is 11.3 Å². The smallest absolute Gasteiger partial charge is 0.321 e. The minimum atomic E-state index is -0.621. The van der Waals surface area contributed by atoms with Crippen molar-refractivity contribution >= 4 is 29.2 Å². The molecule has 3 aromatic carbocycles. The van der Waals surface area contributed by atoms with E-state index in [-0.39, 0.29) is 46.0 Å². The van der Waals surface area contributed by atoms with Gasteiger partial charge in [-0.25, -0.2) is 13.6 Å². The lowest BCUT2D eigenvalue weighted by atomic mass is 10.0. The van der Waals surface area contributed by atoms with Gasteiger partial charge in [-0.1, -0.05) is 47.1 Å². The van der Waals surface area contributed by atoms with Crippen LogP contribution in [0.2, 0.25) is 5.02 Å². The van der Waals surface area contributed by atoms with Crippen LogP contribution in [-0.4, -0.2) is 71.1 Å². The van der Waals surface area contributed by atoms with E-state index in [1.807, 2.05) is 31.2 Å². The molecule has 0 saturated carbocycles. The van der Waals surface area contributed by atoms with Crippen molar-refractivity contribution < 1.29 is 22.9 Å². The van der Waals surface area contributed by atoms with Gasteiger partial charge in [-0.3, -0.25) is 9.69 Å². The molecule has 1 saturated heterocycles. The van der Waals surface area contributed by atoms with E-state index >= 15 is 0 Å². The third-order valence-electron chi connectivity index (χ3n) is 7.47. The first-order valence-corrected chi connectivity index (χ1v) is 14.4. The third-order valence-corrected chi connectivity index (χ3v) is 7.78. The summed E-state index contributed by atoms with van der Waals surface area (Å²) in [5, 5.41) is 7.05. The maximum Gasteiger partial charge on any atom is 0.321 e. The minimum absolute atomic E-state index is 0.00818. The molecule has 0 radical (unpaired) electrons. The molecule has 0 spiro atoms. The molecule has 43 heavy (non-hydrogen) atoms. The van der Waals surface area contributed by atoms with Crippen LogP contribution in [0.3, 0.4) is 0 Å². The predicted molar refractivity (Wildman–Crippen MR) is 161 cm³/mol. The Morgan fingerprint density at radius 3 is 2.42 bits per heavy atom. The molecular formula is C32H32ClF2N5O3. The lowest BCUT2D eigenvalue weighted by Crippen LogP contribution is -2.51. The van der Waals surface area contributed by atoms with Crippen molar-refractivity contribution in [3.05, 3.63) is 106 Å². The molecule has 8 nitrogen and oxygen atoms in total. The molecule has 1 aliphatic rings. The summed E-state index contributed by atoms with van der Waals surface area (Å²) in [7, 11) is 0. The number of hydrogen-bond donors (Lipinski definition) is 1. The molecule has 5 rings (SSSR count). The van der Waals surface area contributed by atoms with Crippen molar-refractivity contribution in [2.24, 2.45) is 0 Å². The van der Waals surface area contributed by atoms with E-state index in [0.29, 0.717) is 39.3 Å². The van der Waals surface area contributed by atoms with E-state index in [1.54, 1.807) is 28.9 Å². The molecule has 1 aliphatic heterocycles. The van der Waals surface area contributed by atoms with Gasteiger partial charge >= 0.3 is 6.03 Å². The number of hydrogen-bond acceptors (Lipinski definition) is 5. The summed E-state index contributed by atoms with van der Waals surface area (Å²) in [6.07, 6.45) is 0. The minimum Gasteiger partial charge on any atom is -0.360 e. The van der Waals surface area contributed by atoms with Crippen LogP contribution in [0.25, 0.3) is 11.3 Å².